The maximum atomic E-state index is 13.4. The van der Waals surface area contributed by atoms with E-state index >= 15 is 0 Å². The Bertz CT molecular complexity index is 1050. The first-order valence-electron chi connectivity index (χ1n) is 8.22. The van der Waals surface area contributed by atoms with E-state index in [0.29, 0.717) is 28.8 Å². The van der Waals surface area contributed by atoms with E-state index in [-0.39, 0.29) is 5.56 Å². The number of aromatic nitrogens is 2. The molecule has 0 radical (unpaired) electrons. The summed E-state index contributed by atoms with van der Waals surface area (Å²) in [6.07, 6.45) is 0. The Kier molecular flexibility index (Phi) is 4.49. The second-order valence-corrected chi connectivity index (χ2v) is 7.53. The molecule has 1 aliphatic rings. The number of anilines is 1. The van der Waals surface area contributed by atoms with Crippen molar-refractivity contribution in [2.24, 2.45) is 0 Å². The predicted molar refractivity (Wildman–Crippen MR) is 100 cm³/mol. The number of carbonyl (C=O) groups excluding carboxylic acids is 1. The topological polar surface area (TPSA) is 73.2 Å². The summed E-state index contributed by atoms with van der Waals surface area (Å²) in [5.41, 5.74) is 2.36. The van der Waals surface area contributed by atoms with Gasteiger partial charge in [-0.15, -0.1) is 0 Å². The minimum atomic E-state index is -1.04. The summed E-state index contributed by atoms with van der Waals surface area (Å²) in [6.45, 7) is 0. The van der Waals surface area contributed by atoms with E-state index in [1.807, 2.05) is 12.1 Å². The number of carbonyl (C=O) groups is 1. The van der Waals surface area contributed by atoms with Crippen molar-refractivity contribution in [2.45, 2.75) is 11.5 Å². The normalized spacial score (nSPS) is 15.4. The Morgan fingerprint density at radius 3 is 2.70 bits per heavy atom. The van der Waals surface area contributed by atoms with Gasteiger partial charge in [-0.3, -0.25) is 9.00 Å². The second kappa shape index (κ2) is 6.96. The van der Waals surface area contributed by atoms with Crippen molar-refractivity contribution in [3.8, 4) is 11.4 Å². The van der Waals surface area contributed by atoms with Gasteiger partial charge >= 0.3 is 0 Å². The first kappa shape index (κ1) is 17.4. The first-order valence-corrected chi connectivity index (χ1v) is 9.71. The predicted octanol–water partition coefficient (Wildman–Crippen LogP) is 3.03. The zero-order chi connectivity index (χ0) is 19.0. The molecule has 3 aromatic rings. The average molecular weight is 385 g/mol. The standard InChI is InChI=1S/C19H16FN3O3S/c1-26-15-7-5-14(6-8-15)23-18(16-10-27(25)11-17(16)22-23)21-19(24)12-3-2-4-13(20)9-12/h2-9H,10-11H2,1H3,(H,21,24). The summed E-state index contributed by atoms with van der Waals surface area (Å²) >= 11 is 0. The van der Waals surface area contributed by atoms with E-state index in [1.54, 1.807) is 23.9 Å². The lowest BCUT2D eigenvalue weighted by Gasteiger charge is -2.11. The van der Waals surface area contributed by atoms with Gasteiger partial charge in [-0.1, -0.05) is 6.07 Å². The molecule has 2 aromatic carbocycles. The Morgan fingerprint density at radius 1 is 1.22 bits per heavy atom. The van der Waals surface area contributed by atoms with Gasteiger partial charge in [-0.2, -0.15) is 5.10 Å². The van der Waals surface area contributed by atoms with Crippen LogP contribution in [0.1, 0.15) is 21.6 Å². The minimum Gasteiger partial charge on any atom is -0.497 e. The van der Waals surface area contributed by atoms with Crippen molar-refractivity contribution in [2.75, 3.05) is 12.4 Å². The van der Waals surface area contributed by atoms with Gasteiger partial charge in [-0.05, 0) is 42.5 Å². The van der Waals surface area contributed by atoms with Gasteiger partial charge in [0.25, 0.3) is 5.91 Å². The molecule has 138 valence electrons. The van der Waals surface area contributed by atoms with Crippen molar-refractivity contribution in [1.29, 1.82) is 0 Å². The molecule has 0 saturated carbocycles. The van der Waals surface area contributed by atoms with Crippen molar-refractivity contribution in [3.63, 3.8) is 0 Å². The zero-order valence-corrected chi connectivity index (χ0v) is 15.3. The number of nitrogens with one attached hydrogen (secondary N) is 1. The number of rotatable bonds is 4. The third-order valence-electron chi connectivity index (χ3n) is 4.31. The Labute approximate surface area is 157 Å². The lowest BCUT2D eigenvalue weighted by Crippen LogP contribution is -2.16. The molecular weight excluding hydrogens is 369 g/mol. The van der Waals surface area contributed by atoms with E-state index < -0.39 is 22.5 Å². The summed E-state index contributed by atoms with van der Waals surface area (Å²) < 4.78 is 32.1. The molecule has 1 amide bonds. The van der Waals surface area contributed by atoms with E-state index in [2.05, 4.69) is 10.4 Å². The Morgan fingerprint density at radius 2 is 2.00 bits per heavy atom. The van der Waals surface area contributed by atoms with Crippen LogP contribution >= 0.6 is 0 Å². The molecule has 1 N–H and O–H groups in total. The Hall–Kier alpha value is -3.00. The monoisotopic (exact) mass is 385 g/mol. The van der Waals surface area contributed by atoms with Gasteiger partial charge in [-0.25, -0.2) is 9.07 Å². The zero-order valence-electron chi connectivity index (χ0n) is 14.4. The number of methoxy groups -OCH3 is 1. The molecule has 1 atom stereocenters. The van der Waals surface area contributed by atoms with Crippen LogP contribution < -0.4 is 10.1 Å². The highest BCUT2D eigenvalue weighted by Crippen LogP contribution is 2.32. The van der Waals surface area contributed by atoms with Gasteiger partial charge in [0.15, 0.2) is 0 Å². The summed E-state index contributed by atoms with van der Waals surface area (Å²) in [7, 11) is 0.542. The van der Waals surface area contributed by atoms with Crippen LogP contribution in [0.4, 0.5) is 10.2 Å². The van der Waals surface area contributed by atoms with Crippen LogP contribution in [-0.4, -0.2) is 27.0 Å². The van der Waals surface area contributed by atoms with Crippen LogP contribution in [0.25, 0.3) is 5.69 Å². The number of halogens is 1. The summed E-state index contributed by atoms with van der Waals surface area (Å²) in [5.74, 6) is 0.883. The van der Waals surface area contributed by atoms with Crippen LogP contribution in [0.5, 0.6) is 5.75 Å². The van der Waals surface area contributed by atoms with Crippen LogP contribution in [0.15, 0.2) is 48.5 Å². The van der Waals surface area contributed by atoms with Crippen LogP contribution in [-0.2, 0) is 22.3 Å². The number of hydrogen-bond acceptors (Lipinski definition) is 4. The van der Waals surface area contributed by atoms with Crippen molar-refractivity contribution in [1.82, 2.24) is 9.78 Å². The highest BCUT2D eigenvalue weighted by atomic mass is 32.2. The van der Waals surface area contributed by atoms with E-state index in [4.69, 9.17) is 4.74 Å². The number of amides is 1. The first-order chi connectivity index (χ1) is 13.0. The molecule has 0 saturated heterocycles. The van der Waals surface area contributed by atoms with Crippen molar-refractivity contribution >= 4 is 22.5 Å². The van der Waals surface area contributed by atoms with E-state index in [9.17, 15) is 13.4 Å². The van der Waals surface area contributed by atoms with Crippen LogP contribution in [0, 0.1) is 5.82 Å². The Balaban J connectivity index is 1.74. The fourth-order valence-electron chi connectivity index (χ4n) is 2.98. The second-order valence-electron chi connectivity index (χ2n) is 6.08. The SMILES string of the molecule is COc1ccc(-n2nc3c(c2NC(=O)c2cccc(F)c2)CS(=O)C3)cc1. The molecule has 1 aliphatic heterocycles. The quantitative estimate of drug-likeness (QED) is 0.749. The summed E-state index contributed by atoms with van der Waals surface area (Å²) in [4.78, 5) is 12.6. The van der Waals surface area contributed by atoms with Gasteiger partial charge in [0, 0.05) is 21.9 Å². The van der Waals surface area contributed by atoms with Crippen molar-refractivity contribution in [3.05, 3.63) is 71.2 Å². The van der Waals surface area contributed by atoms with Crippen molar-refractivity contribution < 1.29 is 18.1 Å². The molecule has 2 heterocycles. The fourth-order valence-corrected chi connectivity index (χ4v) is 4.24. The highest BCUT2D eigenvalue weighted by Gasteiger charge is 2.28. The molecule has 0 fully saturated rings. The molecule has 1 unspecified atom stereocenters. The molecule has 0 aliphatic carbocycles. The number of ether oxygens (including phenoxy) is 1. The molecule has 8 heteroatoms. The number of benzene rings is 2. The number of hydrogen-bond donors (Lipinski definition) is 1. The van der Waals surface area contributed by atoms with Crippen LogP contribution in [0.2, 0.25) is 0 Å². The maximum Gasteiger partial charge on any atom is 0.256 e. The summed E-state index contributed by atoms with van der Waals surface area (Å²) in [6, 6.07) is 12.7. The van der Waals surface area contributed by atoms with Gasteiger partial charge in [0.1, 0.15) is 17.4 Å². The smallest absolute Gasteiger partial charge is 0.256 e. The lowest BCUT2D eigenvalue weighted by atomic mass is 10.2. The maximum absolute atomic E-state index is 13.4. The highest BCUT2D eigenvalue weighted by molar-refractivity contribution is 7.83. The fraction of sp³-hybridized carbons (Fsp3) is 0.158. The molecule has 0 spiro atoms. The molecule has 1 aromatic heterocycles. The summed E-state index contributed by atoms with van der Waals surface area (Å²) in [5, 5.41) is 7.34. The largest absolute Gasteiger partial charge is 0.497 e. The average Bonchev–Trinajstić information content (AvgIpc) is 3.19. The minimum absolute atomic E-state index is 0.199. The lowest BCUT2D eigenvalue weighted by molar-refractivity contribution is 0.102. The third-order valence-corrected chi connectivity index (χ3v) is 5.51. The van der Waals surface area contributed by atoms with Gasteiger partial charge in [0.2, 0.25) is 0 Å². The number of fused-ring (bicyclic) bond motifs is 1. The third kappa shape index (κ3) is 3.35. The molecule has 27 heavy (non-hydrogen) atoms. The molecule has 0 bridgehead atoms. The van der Waals surface area contributed by atoms with E-state index in [1.165, 1.54) is 24.3 Å². The van der Waals surface area contributed by atoms with E-state index in [0.717, 1.165) is 11.3 Å². The molecule has 4 rings (SSSR count). The number of nitrogens with zero attached hydrogens (tertiary/aromatic N) is 2. The van der Waals surface area contributed by atoms with Gasteiger partial charge in [0.05, 0.1) is 30.0 Å². The molecule has 6 nitrogen and oxygen atoms in total. The van der Waals surface area contributed by atoms with Gasteiger partial charge < -0.3 is 10.1 Å². The molecular formula is C19H16FN3O3S. The van der Waals surface area contributed by atoms with Crippen LogP contribution in [0.3, 0.4) is 0 Å².